The summed E-state index contributed by atoms with van der Waals surface area (Å²) in [5.74, 6) is 0.200. The van der Waals surface area contributed by atoms with E-state index in [9.17, 15) is 9.59 Å². The Kier molecular flexibility index (Phi) is 4.78. The molecule has 0 aliphatic carbocycles. The van der Waals surface area contributed by atoms with Crippen LogP contribution >= 0.6 is 0 Å². The average Bonchev–Trinajstić information content (AvgIpc) is 2.79. The zero-order chi connectivity index (χ0) is 15.4. The van der Waals surface area contributed by atoms with Crippen LogP contribution in [-0.2, 0) is 16.1 Å². The van der Waals surface area contributed by atoms with E-state index in [0.717, 1.165) is 23.7 Å². The summed E-state index contributed by atoms with van der Waals surface area (Å²) in [6.45, 7) is 5.71. The van der Waals surface area contributed by atoms with Crippen LogP contribution in [0.3, 0.4) is 0 Å². The number of carbonyl (C=O) groups excluding carboxylic acids is 1. The summed E-state index contributed by atoms with van der Waals surface area (Å²) < 4.78 is 0. The van der Waals surface area contributed by atoms with Crippen LogP contribution in [0.2, 0.25) is 0 Å². The van der Waals surface area contributed by atoms with Crippen LogP contribution in [0.15, 0.2) is 30.3 Å². The molecule has 1 fully saturated rings. The van der Waals surface area contributed by atoms with Crippen molar-refractivity contribution in [2.24, 2.45) is 11.8 Å². The summed E-state index contributed by atoms with van der Waals surface area (Å²) in [6, 6.07) is 7.63. The van der Waals surface area contributed by atoms with Gasteiger partial charge in [-0.1, -0.05) is 32.0 Å². The Morgan fingerprint density at radius 3 is 2.86 bits per heavy atom. The lowest BCUT2D eigenvalue weighted by molar-refractivity contribution is -0.131. The van der Waals surface area contributed by atoms with E-state index in [-0.39, 0.29) is 5.91 Å². The molecule has 0 aromatic heterocycles. The highest BCUT2D eigenvalue weighted by atomic mass is 16.4. The van der Waals surface area contributed by atoms with Crippen LogP contribution < -0.4 is 0 Å². The molecule has 1 unspecified atom stereocenters. The maximum Gasteiger partial charge on any atom is 0.328 e. The maximum absolute atomic E-state index is 12.0. The second-order valence-corrected chi connectivity index (χ2v) is 5.90. The van der Waals surface area contributed by atoms with E-state index in [2.05, 4.69) is 13.8 Å². The molecular weight excluding hydrogens is 266 g/mol. The topological polar surface area (TPSA) is 57.6 Å². The summed E-state index contributed by atoms with van der Waals surface area (Å²) in [5, 5.41) is 8.65. The Morgan fingerprint density at radius 2 is 2.24 bits per heavy atom. The predicted octanol–water partition coefficient (Wildman–Crippen LogP) is 2.79. The fourth-order valence-electron chi connectivity index (χ4n) is 2.59. The van der Waals surface area contributed by atoms with E-state index in [1.165, 1.54) is 0 Å². The van der Waals surface area contributed by atoms with Crippen molar-refractivity contribution in [3.8, 4) is 0 Å². The van der Waals surface area contributed by atoms with Crippen LogP contribution in [-0.4, -0.2) is 28.4 Å². The van der Waals surface area contributed by atoms with Gasteiger partial charge in [0.15, 0.2) is 0 Å². The van der Waals surface area contributed by atoms with Gasteiger partial charge in [-0.05, 0) is 35.1 Å². The van der Waals surface area contributed by atoms with E-state index in [0.29, 0.717) is 24.8 Å². The Labute approximate surface area is 125 Å². The van der Waals surface area contributed by atoms with Gasteiger partial charge in [-0.25, -0.2) is 4.79 Å². The van der Waals surface area contributed by atoms with Crippen molar-refractivity contribution in [1.82, 2.24) is 4.90 Å². The fraction of sp³-hybridized carbons (Fsp3) is 0.412. The van der Waals surface area contributed by atoms with Crippen LogP contribution in [0.25, 0.3) is 6.08 Å². The summed E-state index contributed by atoms with van der Waals surface area (Å²) in [4.78, 5) is 24.5. The van der Waals surface area contributed by atoms with Crippen LogP contribution in [0, 0.1) is 11.8 Å². The van der Waals surface area contributed by atoms with Gasteiger partial charge < -0.3 is 10.0 Å². The number of hydrogen-bond acceptors (Lipinski definition) is 2. The second-order valence-electron chi connectivity index (χ2n) is 5.90. The number of carbonyl (C=O) groups is 2. The Hall–Kier alpha value is -2.10. The number of nitrogens with zero attached hydrogens (tertiary/aromatic N) is 1. The first-order valence-corrected chi connectivity index (χ1v) is 7.23. The molecule has 1 aliphatic heterocycles. The second kappa shape index (κ2) is 6.57. The van der Waals surface area contributed by atoms with E-state index in [4.69, 9.17) is 5.11 Å². The molecule has 4 nitrogen and oxygen atoms in total. The Balaban J connectivity index is 2.05. The molecule has 1 saturated heterocycles. The highest BCUT2D eigenvalue weighted by Crippen LogP contribution is 2.26. The molecule has 21 heavy (non-hydrogen) atoms. The lowest BCUT2D eigenvalue weighted by Crippen LogP contribution is -2.25. The Morgan fingerprint density at radius 1 is 1.48 bits per heavy atom. The molecule has 4 heteroatoms. The first-order chi connectivity index (χ1) is 9.95. The van der Waals surface area contributed by atoms with E-state index >= 15 is 0 Å². The molecule has 1 aliphatic rings. The van der Waals surface area contributed by atoms with Crippen molar-refractivity contribution in [2.75, 3.05) is 6.54 Å². The molecule has 1 aromatic rings. The van der Waals surface area contributed by atoms with E-state index in [1.54, 1.807) is 6.08 Å². The summed E-state index contributed by atoms with van der Waals surface area (Å²) >= 11 is 0. The van der Waals surface area contributed by atoms with Gasteiger partial charge in [0.2, 0.25) is 5.91 Å². The fourth-order valence-corrected chi connectivity index (χ4v) is 2.59. The zero-order valence-electron chi connectivity index (χ0n) is 12.5. The normalized spacial score (nSPS) is 18.9. The molecule has 0 radical (unpaired) electrons. The summed E-state index contributed by atoms with van der Waals surface area (Å²) in [5.41, 5.74) is 1.86. The van der Waals surface area contributed by atoms with Crippen molar-refractivity contribution in [1.29, 1.82) is 0 Å². The van der Waals surface area contributed by atoms with Gasteiger partial charge >= 0.3 is 5.97 Å². The van der Waals surface area contributed by atoms with E-state index < -0.39 is 5.97 Å². The number of likely N-dealkylation sites (tertiary alicyclic amines) is 1. The molecule has 0 spiro atoms. The van der Waals surface area contributed by atoms with Gasteiger partial charge in [0.1, 0.15) is 0 Å². The third-order valence-corrected chi connectivity index (χ3v) is 3.93. The number of benzene rings is 1. The highest BCUT2D eigenvalue weighted by molar-refractivity contribution is 5.85. The quantitative estimate of drug-likeness (QED) is 0.847. The van der Waals surface area contributed by atoms with Gasteiger partial charge in [0.25, 0.3) is 0 Å². The van der Waals surface area contributed by atoms with Gasteiger partial charge in [0, 0.05) is 25.6 Å². The average molecular weight is 287 g/mol. The smallest absolute Gasteiger partial charge is 0.328 e. The number of aliphatic carboxylic acids is 1. The summed E-state index contributed by atoms with van der Waals surface area (Å²) in [7, 11) is 0. The monoisotopic (exact) mass is 287 g/mol. The molecule has 1 N–H and O–H groups in total. The third kappa shape index (κ3) is 4.18. The molecule has 2 rings (SSSR count). The molecular formula is C17H21NO3. The molecule has 1 amide bonds. The van der Waals surface area contributed by atoms with Gasteiger partial charge in [-0.3, -0.25) is 4.79 Å². The minimum Gasteiger partial charge on any atom is -0.478 e. The first-order valence-electron chi connectivity index (χ1n) is 7.23. The SMILES string of the molecule is CC(C)C1CC(=O)N(Cc2cccc(/C=C/C(=O)O)c2)C1. The number of carboxylic acid groups (broad SMARTS) is 1. The number of hydrogen-bond donors (Lipinski definition) is 1. The van der Waals surface area contributed by atoms with Gasteiger partial charge in [-0.15, -0.1) is 0 Å². The van der Waals surface area contributed by atoms with Crippen LogP contribution in [0.1, 0.15) is 31.4 Å². The Bertz CT molecular complexity index is 563. The van der Waals surface area contributed by atoms with Gasteiger partial charge in [0.05, 0.1) is 0 Å². The largest absolute Gasteiger partial charge is 0.478 e. The molecule has 1 heterocycles. The molecule has 1 aromatic carbocycles. The minimum absolute atomic E-state index is 0.209. The molecule has 0 saturated carbocycles. The molecule has 1 atom stereocenters. The molecule has 0 bridgehead atoms. The standard InChI is InChI=1S/C17H21NO3/c1-12(2)15-9-16(19)18(11-15)10-14-5-3-4-13(8-14)6-7-17(20)21/h3-8,12,15H,9-11H2,1-2H3,(H,20,21)/b7-6+. The first kappa shape index (κ1) is 15.3. The van der Waals surface area contributed by atoms with Crippen molar-refractivity contribution < 1.29 is 14.7 Å². The maximum atomic E-state index is 12.0. The number of carboxylic acids is 1. The zero-order valence-corrected chi connectivity index (χ0v) is 12.5. The van der Waals surface area contributed by atoms with Gasteiger partial charge in [-0.2, -0.15) is 0 Å². The predicted molar refractivity (Wildman–Crippen MR) is 81.5 cm³/mol. The van der Waals surface area contributed by atoms with Crippen molar-refractivity contribution >= 4 is 18.0 Å². The van der Waals surface area contributed by atoms with Crippen LogP contribution in [0.4, 0.5) is 0 Å². The van der Waals surface area contributed by atoms with Crippen molar-refractivity contribution in [3.05, 3.63) is 41.5 Å². The summed E-state index contributed by atoms with van der Waals surface area (Å²) in [6.07, 6.45) is 3.32. The van der Waals surface area contributed by atoms with Crippen molar-refractivity contribution in [2.45, 2.75) is 26.8 Å². The van der Waals surface area contributed by atoms with Crippen molar-refractivity contribution in [3.63, 3.8) is 0 Å². The van der Waals surface area contributed by atoms with Crippen LogP contribution in [0.5, 0.6) is 0 Å². The third-order valence-electron chi connectivity index (χ3n) is 3.93. The number of amides is 1. The number of rotatable bonds is 5. The lowest BCUT2D eigenvalue weighted by atomic mass is 9.95. The highest BCUT2D eigenvalue weighted by Gasteiger charge is 2.31. The van der Waals surface area contributed by atoms with E-state index in [1.807, 2.05) is 29.2 Å². The lowest BCUT2D eigenvalue weighted by Gasteiger charge is -2.18. The molecule has 112 valence electrons. The minimum atomic E-state index is -0.963.